The van der Waals surface area contributed by atoms with E-state index in [1.54, 1.807) is 19.1 Å². The predicted molar refractivity (Wildman–Crippen MR) is 116 cm³/mol. The van der Waals surface area contributed by atoms with E-state index >= 15 is 0 Å². The van der Waals surface area contributed by atoms with Gasteiger partial charge in [0.2, 0.25) is 17.8 Å². The molecule has 0 spiro atoms. The molecule has 1 atom stereocenters. The van der Waals surface area contributed by atoms with Gasteiger partial charge in [0.25, 0.3) is 5.56 Å². The normalized spacial score (nSPS) is 16.6. The quantitative estimate of drug-likeness (QED) is 0.500. The van der Waals surface area contributed by atoms with Crippen LogP contribution in [0.1, 0.15) is 36.1 Å². The molecule has 4 aromatic rings. The maximum atomic E-state index is 13.2. The molecule has 0 radical (unpaired) electrons. The van der Waals surface area contributed by atoms with Crippen LogP contribution in [0.25, 0.3) is 17.0 Å². The van der Waals surface area contributed by atoms with E-state index < -0.39 is 5.92 Å². The lowest BCUT2D eigenvalue weighted by molar-refractivity contribution is -0.121. The van der Waals surface area contributed by atoms with Gasteiger partial charge in [0.05, 0.1) is 28.2 Å². The van der Waals surface area contributed by atoms with E-state index in [2.05, 4.69) is 15.1 Å². The number of imidazole rings is 1. The van der Waals surface area contributed by atoms with Crippen LogP contribution in [0.3, 0.4) is 0 Å². The van der Waals surface area contributed by atoms with E-state index in [0.717, 1.165) is 23.0 Å². The minimum atomic E-state index is -0.826. The van der Waals surface area contributed by atoms with Gasteiger partial charge >= 0.3 is 0 Å². The van der Waals surface area contributed by atoms with Crippen molar-refractivity contribution in [1.82, 2.24) is 19.7 Å². The first-order chi connectivity index (χ1) is 15.0. The highest BCUT2D eigenvalue weighted by atomic mass is 16.2. The fraction of sp³-hybridized carbons (Fsp3) is 0.217. The van der Waals surface area contributed by atoms with Crippen LogP contribution in [0.5, 0.6) is 0 Å². The van der Waals surface area contributed by atoms with Gasteiger partial charge in [0, 0.05) is 12.1 Å². The van der Waals surface area contributed by atoms with Crippen molar-refractivity contribution in [3.05, 3.63) is 75.7 Å². The number of nitrogens with one attached hydrogen (secondary N) is 2. The molecule has 1 aliphatic heterocycles. The van der Waals surface area contributed by atoms with Crippen molar-refractivity contribution in [3.8, 4) is 5.95 Å². The average Bonchev–Trinajstić information content (AvgIpc) is 3.41. The summed E-state index contributed by atoms with van der Waals surface area (Å²) in [4.78, 5) is 47.9. The zero-order valence-corrected chi connectivity index (χ0v) is 17.2. The van der Waals surface area contributed by atoms with Gasteiger partial charge in [0.1, 0.15) is 0 Å². The van der Waals surface area contributed by atoms with Crippen molar-refractivity contribution < 1.29 is 9.59 Å². The molecule has 0 aliphatic carbocycles. The summed E-state index contributed by atoms with van der Waals surface area (Å²) >= 11 is 0. The van der Waals surface area contributed by atoms with Gasteiger partial charge in [-0.05, 0) is 43.2 Å². The summed E-state index contributed by atoms with van der Waals surface area (Å²) in [5.74, 6) is -1.18. The Morgan fingerprint density at radius 3 is 2.52 bits per heavy atom. The third-order valence-electron chi connectivity index (χ3n) is 5.80. The van der Waals surface area contributed by atoms with Crippen molar-refractivity contribution in [1.29, 1.82) is 0 Å². The molecule has 0 saturated carbocycles. The standard InChI is InChI=1S/C23H21N5O3/c1-3-14-8-10-15(11-9-14)27-19(29)12-16(21(27)30)20-13(2)26-28(22(20)31)23-24-17-6-4-5-7-18(17)25-23/h4-11,16,26H,3,12H2,1-2H3,(H,24,25). The second kappa shape index (κ2) is 7.09. The molecule has 31 heavy (non-hydrogen) atoms. The lowest BCUT2D eigenvalue weighted by Crippen LogP contribution is -2.31. The summed E-state index contributed by atoms with van der Waals surface area (Å²) in [6, 6.07) is 14.8. The van der Waals surface area contributed by atoms with E-state index in [1.165, 1.54) is 9.58 Å². The summed E-state index contributed by atoms with van der Waals surface area (Å²) in [5.41, 5.74) is 3.63. The number of hydrogen-bond donors (Lipinski definition) is 2. The number of hydrogen-bond acceptors (Lipinski definition) is 4. The number of para-hydroxylation sites is 2. The Labute approximate surface area is 177 Å². The second-order valence-electron chi connectivity index (χ2n) is 7.71. The molecule has 2 N–H and O–H groups in total. The first-order valence-corrected chi connectivity index (χ1v) is 10.2. The summed E-state index contributed by atoms with van der Waals surface area (Å²) in [6.07, 6.45) is 0.830. The molecule has 8 nitrogen and oxygen atoms in total. The van der Waals surface area contributed by atoms with Crippen molar-refractivity contribution in [3.63, 3.8) is 0 Å². The largest absolute Gasteiger partial charge is 0.322 e. The number of nitrogens with zero attached hydrogens (tertiary/aromatic N) is 3. The molecule has 8 heteroatoms. The molecular weight excluding hydrogens is 394 g/mol. The Hall–Kier alpha value is -3.94. The Morgan fingerprint density at radius 1 is 1.06 bits per heavy atom. The lowest BCUT2D eigenvalue weighted by atomic mass is 9.98. The topological polar surface area (TPSA) is 104 Å². The maximum Gasteiger partial charge on any atom is 0.278 e. The third kappa shape index (κ3) is 2.99. The van der Waals surface area contributed by atoms with Crippen LogP contribution in [0, 0.1) is 6.92 Å². The number of benzene rings is 2. The highest BCUT2D eigenvalue weighted by Crippen LogP contribution is 2.33. The molecular formula is C23H21N5O3. The molecule has 1 fully saturated rings. The van der Waals surface area contributed by atoms with Gasteiger partial charge in [-0.2, -0.15) is 4.68 Å². The van der Waals surface area contributed by atoms with E-state index in [4.69, 9.17) is 0 Å². The molecule has 1 aliphatic rings. The van der Waals surface area contributed by atoms with Crippen LogP contribution in [-0.2, 0) is 16.0 Å². The number of aromatic nitrogens is 4. The van der Waals surface area contributed by atoms with Crippen LogP contribution in [0.15, 0.2) is 53.3 Å². The van der Waals surface area contributed by atoms with E-state index in [1.807, 2.05) is 43.3 Å². The molecule has 0 bridgehead atoms. The number of aryl methyl sites for hydroxylation is 2. The first-order valence-electron chi connectivity index (χ1n) is 10.2. The molecule has 3 heterocycles. The molecule has 156 valence electrons. The number of imide groups is 1. The number of anilines is 1. The predicted octanol–water partition coefficient (Wildman–Crippen LogP) is 2.96. The van der Waals surface area contributed by atoms with Gasteiger partial charge < -0.3 is 4.98 Å². The van der Waals surface area contributed by atoms with Gasteiger partial charge in [-0.1, -0.05) is 31.2 Å². The lowest BCUT2D eigenvalue weighted by Gasteiger charge is -2.15. The zero-order valence-electron chi connectivity index (χ0n) is 17.2. The van der Waals surface area contributed by atoms with Crippen molar-refractivity contribution in [2.24, 2.45) is 0 Å². The summed E-state index contributed by atoms with van der Waals surface area (Å²) in [7, 11) is 0. The number of carbonyl (C=O) groups excluding carboxylic acids is 2. The summed E-state index contributed by atoms with van der Waals surface area (Å²) in [6.45, 7) is 3.77. The Balaban J connectivity index is 1.52. The van der Waals surface area contributed by atoms with Crippen LogP contribution in [0.2, 0.25) is 0 Å². The Kier molecular flexibility index (Phi) is 4.35. The van der Waals surface area contributed by atoms with Crippen molar-refractivity contribution >= 4 is 28.5 Å². The van der Waals surface area contributed by atoms with Crippen LogP contribution < -0.4 is 10.5 Å². The van der Waals surface area contributed by atoms with Gasteiger partial charge in [-0.3, -0.25) is 24.4 Å². The highest BCUT2D eigenvalue weighted by molar-refractivity contribution is 6.22. The highest BCUT2D eigenvalue weighted by Gasteiger charge is 2.43. The summed E-state index contributed by atoms with van der Waals surface area (Å²) < 4.78 is 1.29. The number of H-pyrrole nitrogens is 2. The van der Waals surface area contributed by atoms with E-state index in [0.29, 0.717) is 22.9 Å². The van der Waals surface area contributed by atoms with Crippen molar-refractivity contribution in [2.75, 3.05) is 4.90 Å². The molecule has 5 rings (SSSR count). The van der Waals surface area contributed by atoms with E-state index in [9.17, 15) is 14.4 Å². The smallest absolute Gasteiger partial charge is 0.278 e. The van der Waals surface area contributed by atoms with Crippen molar-refractivity contribution in [2.45, 2.75) is 32.6 Å². The van der Waals surface area contributed by atoms with Gasteiger partial charge in [0.15, 0.2) is 0 Å². The first kappa shape index (κ1) is 19.0. The number of carbonyl (C=O) groups is 2. The molecule has 2 aromatic heterocycles. The maximum absolute atomic E-state index is 13.2. The van der Waals surface area contributed by atoms with E-state index in [-0.39, 0.29) is 23.8 Å². The fourth-order valence-electron chi connectivity index (χ4n) is 4.17. The second-order valence-corrected chi connectivity index (χ2v) is 7.71. The van der Waals surface area contributed by atoms with Gasteiger partial charge in [-0.25, -0.2) is 4.98 Å². The van der Waals surface area contributed by atoms with Crippen LogP contribution >= 0.6 is 0 Å². The fourth-order valence-corrected chi connectivity index (χ4v) is 4.17. The van der Waals surface area contributed by atoms with Crippen LogP contribution in [0.4, 0.5) is 5.69 Å². The zero-order chi connectivity index (χ0) is 21.7. The Bertz CT molecular complexity index is 1340. The number of aromatic amines is 2. The van der Waals surface area contributed by atoms with Gasteiger partial charge in [-0.15, -0.1) is 0 Å². The third-order valence-corrected chi connectivity index (χ3v) is 5.80. The van der Waals surface area contributed by atoms with Crippen LogP contribution in [-0.4, -0.2) is 31.6 Å². The molecule has 1 saturated heterocycles. The SMILES string of the molecule is CCc1ccc(N2C(=O)CC(c3c(C)[nH]n(-c4nc5ccccc5[nH]4)c3=O)C2=O)cc1. The minimum Gasteiger partial charge on any atom is -0.322 e. The Morgan fingerprint density at radius 2 is 1.81 bits per heavy atom. The number of rotatable bonds is 4. The summed E-state index contributed by atoms with van der Waals surface area (Å²) in [5, 5.41) is 3.00. The molecule has 1 unspecified atom stereocenters. The number of amides is 2. The molecule has 2 aromatic carbocycles. The number of fused-ring (bicyclic) bond motifs is 1. The molecule has 2 amide bonds. The average molecular weight is 415 g/mol. The minimum absolute atomic E-state index is 0.0393. The monoisotopic (exact) mass is 415 g/mol.